The fraction of sp³-hybridized carbons (Fsp3) is 0.182. The summed E-state index contributed by atoms with van der Waals surface area (Å²) in [5.41, 5.74) is 1.54. The molecule has 0 spiro atoms. The van der Waals surface area contributed by atoms with Gasteiger partial charge in [-0.3, -0.25) is 9.59 Å². The van der Waals surface area contributed by atoms with Crippen LogP contribution in [0.2, 0.25) is 0 Å². The summed E-state index contributed by atoms with van der Waals surface area (Å²) in [7, 11) is 0. The van der Waals surface area contributed by atoms with Crippen molar-refractivity contribution in [1.29, 1.82) is 0 Å². The van der Waals surface area contributed by atoms with E-state index in [0.29, 0.717) is 24.5 Å². The number of carbonyl (C=O) groups is 2. The number of carboxylic acids is 1. The molecule has 9 nitrogen and oxygen atoms in total. The van der Waals surface area contributed by atoms with Crippen molar-refractivity contribution in [3.63, 3.8) is 0 Å². The third kappa shape index (κ3) is 3.45. The molecule has 2 unspecified atom stereocenters. The Morgan fingerprint density at radius 2 is 1.91 bits per heavy atom. The van der Waals surface area contributed by atoms with Gasteiger partial charge in [0.2, 0.25) is 0 Å². The van der Waals surface area contributed by atoms with Crippen LogP contribution in [0.4, 0.5) is 10.2 Å². The number of aliphatic carboxylic acids is 1. The molecule has 0 aliphatic carbocycles. The predicted molar refractivity (Wildman–Crippen MR) is 113 cm³/mol. The molecule has 1 aliphatic rings. The molecule has 2 N–H and O–H groups in total. The van der Waals surface area contributed by atoms with Crippen LogP contribution >= 0.6 is 0 Å². The molecule has 4 heterocycles. The lowest BCUT2D eigenvalue weighted by Crippen LogP contribution is -2.50. The summed E-state index contributed by atoms with van der Waals surface area (Å²) in [6.07, 6.45) is 6.49. The number of rotatable bonds is 5. The second-order valence-corrected chi connectivity index (χ2v) is 7.52. The highest BCUT2D eigenvalue weighted by molar-refractivity contribution is 5.93. The third-order valence-corrected chi connectivity index (χ3v) is 5.61. The quantitative estimate of drug-likeness (QED) is 0.500. The number of carbonyl (C=O) groups excluding carboxylic acids is 1. The van der Waals surface area contributed by atoms with Gasteiger partial charge >= 0.3 is 5.97 Å². The summed E-state index contributed by atoms with van der Waals surface area (Å²) in [4.78, 5) is 31.1. The van der Waals surface area contributed by atoms with Gasteiger partial charge in [0.05, 0.1) is 17.1 Å². The number of nitrogens with one attached hydrogen (secondary N) is 1. The smallest absolute Gasteiger partial charge is 0.310 e. The summed E-state index contributed by atoms with van der Waals surface area (Å²) >= 11 is 0. The molecule has 1 amide bonds. The molecule has 1 fully saturated rings. The zero-order valence-electron chi connectivity index (χ0n) is 16.8. The average molecular weight is 434 g/mol. The number of hydrogen-bond donors (Lipinski definition) is 2. The van der Waals surface area contributed by atoms with E-state index in [1.54, 1.807) is 30.7 Å². The molecule has 162 valence electrons. The van der Waals surface area contributed by atoms with E-state index in [4.69, 9.17) is 0 Å². The normalized spacial score (nSPS) is 18.2. The summed E-state index contributed by atoms with van der Waals surface area (Å²) in [6, 6.07) is 11.0. The van der Waals surface area contributed by atoms with Gasteiger partial charge in [-0.1, -0.05) is 0 Å². The van der Waals surface area contributed by atoms with E-state index in [2.05, 4.69) is 15.4 Å². The van der Waals surface area contributed by atoms with Crippen molar-refractivity contribution in [3.8, 4) is 5.69 Å². The van der Waals surface area contributed by atoms with Gasteiger partial charge in [0.25, 0.3) is 5.91 Å². The molecule has 1 aliphatic heterocycles. The predicted octanol–water partition coefficient (Wildman–Crippen LogP) is 2.33. The zero-order valence-corrected chi connectivity index (χ0v) is 16.8. The molecular weight excluding hydrogens is 415 g/mol. The van der Waals surface area contributed by atoms with Crippen molar-refractivity contribution < 1.29 is 19.1 Å². The van der Waals surface area contributed by atoms with Gasteiger partial charge in [-0.25, -0.2) is 14.1 Å². The Hall–Kier alpha value is -4.21. The molecule has 0 bridgehead atoms. The highest BCUT2D eigenvalue weighted by Crippen LogP contribution is 2.30. The van der Waals surface area contributed by atoms with Gasteiger partial charge in [0.1, 0.15) is 12.0 Å². The highest BCUT2D eigenvalue weighted by atomic mass is 19.1. The average Bonchev–Trinajstić information content (AvgIpc) is 3.53. The molecule has 1 aromatic carbocycles. The van der Waals surface area contributed by atoms with Gasteiger partial charge in [-0.05, 0) is 48.9 Å². The number of fused-ring (bicyclic) bond motifs is 1. The number of amides is 1. The molecule has 3 aromatic heterocycles. The van der Waals surface area contributed by atoms with Gasteiger partial charge in [-0.15, -0.1) is 0 Å². The SMILES string of the molecule is O=C(NC1C(C(=O)O)CCN1c1nccn2cccc12)c1ccn(-c2ccc(F)cc2)n1. The van der Waals surface area contributed by atoms with Crippen LogP contribution in [-0.2, 0) is 4.79 Å². The maximum Gasteiger partial charge on any atom is 0.310 e. The van der Waals surface area contributed by atoms with E-state index < -0.39 is 24.0 Å². The first-order valence-electron chi connectivity index (χ1n) is 10.0. The van der Waals surface area contributed by atoms with Crippen LogP contribution in [0.5, 0.6) is 0 Å². The van der Waals surface area contributed by atoms with Crippen LogP contribution in [0.3, 0.4) is 0 Å². The topological polar surface area (TPSA) is 105 Å². The van der Waals surface area contributed by atoms with Crippen LogP contribution in [0.25, 0.3) is 11.2 Å². The molecule has 1 saturated heterocycles. The van der Waals surface area contributed by atoms with E-state index in [1.165, 1.54) is 22.9 Å². The number of nitrogens with zero attached hydrogens (tertiary/aromatic N) is 5. The van der Waals surface area contributed by atoms with E-state index in [1.807, 2.05) is 27.6 Å². The van der Waals surface area contributed by atoms with Crippen LogP contribution < -0.4 is 10.2 Å². The van der Waals surface area contributed by atoms with Gasteiger partial charge in [-0.2, -0.15) is 5.10 Å². The van der Waals surface area contributed by atoms with Crippen molar-refractivity contribution in [3.05, 3.63) is 78.8 Å². The summed E-state index contributed by atoms with van der Waals surface area (Å²) in [5, 5.41) is 16.8. The minimum Gasteiger partial charge on any atom is -0.481 e. The van der Waals surface area contributed by atoms with Crippen molar-refractivity contribution >= 4 is 23.2 Å². The van der Waals surface area contributed by atoms with Crippen molar-refractivity contribution in [2.75, 3.05) is 11.4 Å². The first-order chi connectivity index (χ1) is 15.5. The van der Waals surface area contributed by atoms with Gasteiger partial charge < -0.3 is 19.7 Å². The lowest BCUT2D eigenvalue weighted by molar-refractivity contribution is -0.142. The first kappa shape index (κ1) is 19.7. The number of hydrogen-bond acceptors (Lipinski definition) is 5. The zero-order chi connectivity index (χ0) is 22.2. The fourth-order valence-corrected chi connectivity index (χ4v) is 4.03. The molecule has 5 rings (SSSR count). The van der Waals surface area contributed by atoms with Crippen molar-refractivity contribution in [2.45, 2.75) is 12.6 Å². The molecule has 4 aromatic rings. The van der Waals surface area contributed by atoms with E-state index in [0.717, 1.165) is 5.52 Å². The molecule has 2 atom stereocenters. The summed E-state index contributed by atoms with van der Waals surface area (Å²) in [6.45, 7) is 0.434. The number of anilines is 1. The fourth-order valence-electron chi connectivity index (χ4n) is 4.03. The Morgan fingerprint density at radius 1 is 1.09 bits per heavy atom. The molecular formula is C22H19FN6O3. The maximum atomic E-state index is 13.2. The lowest BCUT2D eigenvalue weighted by atomic mass is 10.1. The second kappa shape index (κ2) is 7.80. The standard InChI is InChI=1S/C22H19FN6O3/c23-14-3-5-15(6-4-14)29-12-8-17(26-29)21(30)25-19-16(22(31)32)7-11-28(19)20-18-2-1-10-27(18)13-9-24-20/h1-6,8-10,12-13,16,19H,7,11H2,(H,25,30)(H,31,32). The Bertz CT molecular complexity index is 1300. The van der Waals surface area contributed by atoms with Crippen LogP contribution in [-0.4, -0.2) is 48.9 Å². The Kier molecular flexibility index (Phi) is 4.81. The van der Waals surface area contributed by atoms with Gasteiger partial charge in [0.15, 0.2) is 11.5 Å². The van der Waals surface area contributed by atoms with Crippen LogP contribution in [0, 0.1) is 11.7 Å². The summed E-state index contributed by atoms with van der Waals surface area (Å²) in [5.74, 6) is -2.06. The Balaban J connectivity index is 1.42. The summed E-state index contributed by atoms with van der Waals surface area (Å²) < 4.78 is 16.5. The van der Waals surface area contributed by atoms with Crippen LogP contribution in [0.15, 0.2) is 67.3 Å². The second-order valence-electron chi connectivity index (χ2n) is 7.52. The number of benzene rings is 1. The van der Waals surface area contributed by atoms with Crippen LogP contribution in [0.1, 0.15) is 16.9 Å². The van der Waals surface area contributed by atoms with E-state index in [-0.39, 0.29) is 11.5 Å². The minimum atomic E-state index is -0.989. The minimum absolute atomic E-state index is 0.124. The molecule has 0 radical (unpaired) electrons. The van der Waals surface area contributed by atoms with E-state index in [9.17, 15) is 19.1 Å². The molecule has 0 saturated carbocycles. The third-order valence-electron chi connectivity index (χ3n) is 5.61. The van der Waals surface area contributed by atoms with Crippen molar-refractivity contribution in [2.24, 2.45) is 5.92 Å². The number of halogens is 1. The van der Waals surface area contributed by atoms with Gasteiger partial charge in [0, 0.05) is 31.3 Å². The number of aromatic nitrogens is 4. The molecule has 32 heavy (non-hydrogen) atoms. The largest absolute Gasteiger partial charge is 0.481 e. The highest BCUT2D eigenvalue weighted by Gasteiger charge is 2.41. The lowest BCUT2D eigenvalue weighted by Gasteiger charge is -2.28. The Labute approximate surface area is 181 Å². The monoisotopic (exact) mass is 434 g/mol. The Morgan fingerprint density at radius 3 is 2.69 bits per heavy atom. The number of carboxylic acid groups (broad SMARTS) is 1. The first-order valence-corrected chi connectivity index (χ1v) is 10.0. The maximum absolute atomic E-state index is 13.2. The molecule has 10 heteroatoms. The van der Waals surface area contributed by atoms with Crippen molar-refractivity contribution in [1.82, 2.24) is 24.5 Å². The van der Waals surface area contributed by atoms with E-state index >= 15 is 0 Å².